The molecule has 2 atom stereocenters. The number of nitrogens with one attached hydrogen (secondary N) is 1. The standard InChI is InChI=1S/C13H26F2N2O/c1-2-3-4-11-7-12(16-8-13(14)15)10-17(9-11)5-6-18/h11-13,16,18H,2-10H2,1H3. The van der Waals surface area contributed by atoms with Crippen molar-refractivity contribution in [1.29, 1.82) is 0 Å². The Labute approximate surface area is 109 Å². The number of aliphatic hydroxyl groups excluding tert-OH is 1. The number of nitrogens with zero attached hydrogens (tertiary/aromatic N) is 1. The molecule has 0 aromatic heterocycles. The van der Waals surface area contributed by atoms with Crippen molar-refractivity contribution in [1.82, 2.24) is 10.2 Å². The number of piperidine rings is 1. The van der Waals surface area contributed by atoms with Gasteiger partial charge in [0, 0.05) is 25.7 Å². The lowest BCUT2D eigenvalue weighted by atomic mass is 9.90. The molecule has 0 bridgehead atoms. The summed E-state index contributed by atoms with van der Waals surface area (Å²) in [5.41, 5.74) is 0. The lowest BCUT2D eigenvalue weighted by Gasteiger charge is -2.38. The summed E-state index contributed by atoms with van der Waals surface area (Å²) in [5.74, 6) is 0.570. The number of hydrogen-bond acceptors (Lipinski definition) is 3. The van der Waals surface area contributed by atoms with Crippen molar-refractivity contribution in [3.63, 3.8) is 0 Å². The van der Waals surface area contributed by atoms with Crippen LogP contribution >= 0.6 is 0 Å². The summed E-state index contributed by atoms with van der Waals surface area (Å²) in [4.78, 5) is 2.19. The van der Waals surface area contributed by atoms with Crippen LogP contribution in [0.5, 0.6) is 0 Å². The Morgan fingerprint density at radius 2 is 2.17 bits per heavy atom. The van der Waals surface area contributed by atoms with E-state index < -0.39 is 6.43 Å². The fourth-order valence-corrected chi connectivity index (χ4v) is 2.73. The lowest BCUT2D eigenvalue weighted by Crippen LogP contribution is -2.50. The van der Waals surface area contributed by atoms with E-state index in [0.717, 1.165) is 25.9 Å². The largest absolute Gasteiger partial charge is 0.395 e. The van der Waals surface area contributed by atoms with Gasteiger partial charge in [-0.25, -0.2) is 8.78 Å². The van der Waals surface area contributed by atoms with Crippen LogP contribution < -0.4 is 5.32 Å². The SMILES string of the molecule is CCCCC1CC(NCC(F)F)CN(CCO)C1. The second kappa shape index (κ2) is 8.77. The molecule has 0 aromatic carbocycles. The van der Waals surface area contributed by atoms with Gasteiger partial charge in [0.25, 0.3) is 6.43 Å². The van der Waals surface area contributed by atoms with Crippen LogP contribution in [0.25, 0.3) is 0 Å². The van der Waals surface area contributed by atoms with Crippen LogP contribution in [-0.4, -0.2) is 55.3 Å². The topological polar surface area (TPSA) is 35.5 Å². The van der Waals surface area contributed by atoms with Crippen molar-refractivity contribution in [2.45, 2.75) is 45.1 Å². The third-order valence-electron chi connectivity index (χ3n) is 3.56. The number of aliphatic hydroxyl groups is 1. The molecule has 108 valence electrons. The first-order valence-electron chi connectivity index (χ1n) is 7.00. The summed E-state index contributed by atoms with van der Waals surface area (Å²) in [6.07, 6.45) is 2.22. The van der Waals surface area contributed by atoms with Crippen molar-refractivity contribution >= 4 is 0 Å². The van der Waals surface area contributed by atoms with E-state index in [1.54, 1.807) is 0 Å². The highest BCUT2D eigenvalue weighted by Gasteiger charge is 2.26. The third-order valence-corrected chi connectivity index (χ3v) is 3.56. The van der Waals surface area contributed by atoms with Gasteiger partial charge >= 0.3 is 0 Å². The van der Waals surface area contributed by atoms with E-state index in [1.807, 2.05) is 0 Å². The van der Waals surface area contributed by atoms with E-state index in [2.05, 4.69) is 17.1 Å². The molecule has 1 aliphatic heterocycles. The first-order chi connectivity index (χ1) is 8.65. The molecule has 3 nitrogen and oxygen atoms in total. The molecule has 18 heavy (non-hydrogen) atoms. The van der Waals surface area contributed by atoms with Crippen molar-refractivity contribution in [3.05, 3.63) is 0 Å². The molecule has 2 unspecified atom stereocenters. The quantitative estimate of drug-likeness (QED) is 0.700. The molecule has 0 aliphatic carbocycles. The predicted molar refractivity (Wildman–Crippen MR) is 69.0 cm³/mol. The van der Waals surface area contributed by atoms with Crippen LogP contribution in [0.1, 0.15) is 32.6 Å². The molecule has 0 radical (unpaired) electrons. The van der Waals surface area contributed by atoms with E-state index in [4.69, 9.17) is 5.11 Å². The van der Waals surface area contributed by atoms with E-state index in [9.17, 15) is 8.78 Å². The zero-order chi connectivity index (χ0) is 13.4. The fraction of sp³-hybridized carbons (Fsp3) is 1.00. The van der Waals surface area contributed by atoms with Crippen molar-refractivity contribution in [3.8, 4) is 0 Å². The van der Waals surface area contributed by atoms with Gasteiger partial charge in [-0.3, -0.25) is 4.90 Å². The number of rotatable bonds is 8. The molecule has 0 aromatic rings. The highest BCUT2D eigenvalue weighted by Crippen LogP contribution is 2.22. The molecule has 5 heteroatoms. The highest BCUT2D eigenvalue weighted by atomic mass is 19.3. The smallest absolute Gasteiger partial charge is 0.250 e. The van der Waals surface area contributed by atoms with Crippen molar-refractivity contribution in [2.24, 2.45) is 5.92 Å². The Morgan fingerprint density at radius 1 is 1.39 bits per heavy atom. The number of likely N-dealkylation sites (tertiary alicyclic amines) is 1. The molecule has 2 N–H and O–H groups in total. The van der Waals surface area contributed by atoms with Gasteiger partial charge in [-0.2, -0.15) is 0 Å². The van der Waals surface area contributed by atoms with Crippen LogP contribution in [0.3, 0.4) is 0 Å². The van der Waals surface area contributed by atoms with Gasteiger partial charge in [-0.15, -0.1) is 0 Å². The number of β-amino-alcohol motifs (C(OH)–C–C–N with tert-alkyl or cyclic N) is 1. The first kappa shape index (κ1) is 15.8. The average Bonchev–Trinajstić information content (AvgIpc) is 2.34. The fourth-order valence-electron chi connectivity index (χ4n) is 2.73. The molecule has 0 amide bonds. The zero-order valence-corrected chi connectivity index (χ0v) is 11.2. The van der Waals surface area contributed by atoms with Gasteiger partial charge < -0.3 is 10.4 Å². The summed E-state index contributed by atoms with van der Waals surface area (Å²) in [7, 11) is 0. The van der Waals surface area contributed by atoms with Crippen LogP contribution in [0.2, 0.25) is 0 Å². The molecular weight excluding hydrogens is 238 g/mol. The van der Waals surface area contributed by atoms with Crippen molar-refractivity contribution in [2.75, 3.05) is 32.8 Å². The summed E-state index contributed by atoms with van der Waals surface area (Å²) < 4.78 is 24.4. The Bertz CT molecular complexity index is 217. The molecule has 1 aliphatic rings. The number of alkyl halides is 2. The maximum atomic E-state index is 12.2. The molecular formula is C13H26F2N2O. The summed E-state index contributed by atoms with van der Waals surface area (Å²) in [5, 5.41) is 11.9. The summed E-state index contributed by atoms with van der Waals surface area (Å²) in [6, 6.07) is 0.140. The van der Waals surface area contributed by atoms with Gasteiger partial charge in [-0.05, 0) is 18.8 Å². The highest BCUT2D eigenvalue weighted by molar-refractivity contribution is 4.83. The maximum absolute atomic E-state index is 12.2. The van der Waals surface area contributed by atoms with E-state index in [1.165, 1.54) is 12.8 Å². The maximum Gasteiger partial charge on any atom is 0.250 e. The first-order valence-corrected chi connectivity index (χ1v) is 7.00. The van der Waals surface area contributed by atoms with Crippen LogP contribution in [-0.2, 0) is 0 Å². The molecule has 0 spiro atoms. The van der Waals surface area contributed by atoms with Gasteiger partial charge in [0.05, 0.1) is 13.2 Å². The molecule has 1 rings (SSSR count). The molecule has 1 heterocycles. The van der Waals surface area contributed by atoms with Crippen LogP contribution in [0, 0.1) is 5.92 Å². The van der Waals surface area contributed by atoms with E-state index >= 15 is 0 Å². The Kier molecular flexibility index (Phi) is 7.70. The van der Waals surface area contributed by atoms with E-state index in [0.29, 0.717) is 12.5 Å². The minimum atomic E-state index is -2.28. The monoisotopic (exact) mass is 264 g/mol. The normalized spacial score (nSPS) is 25.8. The van der Waals surface area contributed by atoms with E-state index in [-0.39, 0.29) is 19.2 Å². The number of hydrogen-bond donors (Lipinski definition) is 2. The molecule has 1 saturated heterocycles. The van der Waals surface area contributed by atoms with Gasteiger partial charge in [0.1, 0.15) is 0 Å². The van der Waals surface area contributed by atoms with Crippen LogP contribution in [0.4, 0.5) is 8.78 Å². The van der Waals surface area contributed by atoms with Crippen LogP contribution in [0.15, 0.2) is 0 Å². The minimum absolute atomic E-state index is 0.140. The molecule has 1 fully saturated rings. The molecule has 0 saturated carbocycles. The lowest BCUT2D eigenvalue weighted by molar-refractivity contribution is 0.0939. The Hall–Kier alpha value is -0.260. The third kappa shape index (κ3) is 6.07. The average molecular weight is 264 g/mol. The Balaban J connectivity index is 2.40. The second-order valence-electron chi connectivity index (χ2n) is 5.22. The van der Waals surface area contributed by atoms with Gasteiger partial charge in [-0.1, -0.05) is 19.8 Å². The minimum Gasteiger partial charge on any atom is -0.395 e. The zero-order valence-electron chi connectivity index (χ0n) is 11.2. The number of halogens is 2. The second-order valence-corrected chi connectivity index (χ2v) is 5.22. The van der Waals surface area contributed by atoms with Gasteiger partial charge in [0.15, 0.2) is 0 Å². The summed E-state index contributed by atoms with van der Waals surface area (Å²) >= 11 is 0. The number of unbranched alkanes of at least 4 members (excludes halogenated alkanes) is 1. The van der Waals surface area contributed by atoms with Crippen molar-refractivity contribution < 1.29 is 13.9 Å². The Morgan fingerprint density at radius 3 is 2.78 bits per heavy atom. The summed E-state index contributed by atoms with van der Waals surface area (Å²) in [6.45, 7) is 4.50. The predicted octanol–water partition coefficient (Wildman–Crippen LogP) is 1.71. The van der Waals surface area contributed by atoms with Gasteiger partial charge in [0.2, 0.25) is 0 Å².